The molecule has 1 aliphatic rings. The predicted octanol–water partition coefficient (Wildman–Crippen LogP) is 2.12. The SMILES string of the molecule is Cc1nccn1Cc1nnc(C2CCCN(C(=O)CC(C)C)C2)n1C. The molecule has 3 rings (SSSR count). The standard InChI is InChI=1S/C18H28N6O/c1-13(2)10-17(25)24-8-5-6-15(11-24)18-21-20-16(22(18)4)12-23-9-7-19-14(23)3/h7,9,13,15H,5-6,8,10-12H2,1-4H3. The van der Waals surface area contributed by atoms with Gasteiger partial charge in [0.15, 0.2) is 5.82 Å². The van der Waals surface area contributed by atoms with Crippen LogP contribution in [0.5, 0.6) is 0 Å². The summed E-state index contributed by atoms with van der Waals surface area (Å²) in [6.07, 6.45) is 6.46. The highest BCUT2D eigenvalue weighted by Gasteiger charge is 2.28. The number of carbonyl (C=O) groups is 1. The van der Waals surface area contributed by atoms with E-state index in [0.29, 0.717) is 18.9 Å². The van der Waals surface area contributed by atoms with Gasteiger partial charge in [0.05, 0.1) is 6.54 Å². The summed E-state index contributed by atoms with van der Waals surface area (Å²) in [6, 6.07) is 0. The lowest BCUT2D eigenvalue weighted by Gasteiger charge is -2.32. The van der Waals surface area contributed by atoms with E-state index >= 15 is 0 Å². The molecule has 136 valence electrons. The molecule has 1 atom stereocenters. The van der Waals surface area contributed by atoms with Crippen molar-refractivity contribution in [2.45, 2.75) is 52.5 Å². The Hall–Kier alpha value is -2.18. The summed E-state index contributed by atoms with van der Waals surface area (Å²) in [7, 11) is 2.02. The van der Waals surface area contributed by atoms with Crippen molar-refractivity contribution in [3.63, 3.8) is 0 Å². The lowest BCUT2D eigenvalue weighted by atomic mass is 9.96. The van der Waals surface area contributed by atoms with Gasteiger partial charge in [0.25, 0.3) is 0 Å². The summed E-state index contributed by atoms with van der Waals surface area (Å²) in [5, 5.41) is 8.83. The zero-order valence-electron chi connectivity index (χ0n) is 15.6. The van der Waals surface area contributed by atoms with Gasteiger partial charge in [-0.2, -0.15) is 0 Å². The summed E-state index contributed by atoms with van der Waals surface area (Å²) in [4.78, 5) is 18.7. The molecule has 0 aliphatic carbocycles. The topological polar surface area (TPSA) is 68.8 Å². The van der Waals surface area contributed by atoms with E-state index in [-0.39, 0.29) is 11.8 Å². The van der Waals surface area contributed by atoms with Crippen LogP contribution >= 0.6 is 0 Å². The third kappa shape index (κ3) is 3.91. The molecule has 7 nitrogen and oxygen atoms in total. The number of imidazole rings is 1. The van der Waals surface area contributed by atoms with E-state index in [1.165, 1.54) is 0 Å². The summed E-state index contributed by atoms with van der Waals surface area (Å²) in [5.41, 5.74) is 0. The third-order valence-corrected chi connectivity index (χ3v) is 4.96. The van der Waals surface area contributed by atoms with Crippen molar-refractivity contribution in [2.75, 3.05) is 13.1 Å². The number of likely N-dealkylation sites (tertiary alicyclic amines) is 1. The van der Waals surface area contributed by atoms with Crippen LogP contribution in [-0.4, -0.2) is 48.2 Å². The highest BCUT2D eigenvalue weighted by atomic mass is 16.2. The molecular weight excluding hydrogens is 316 g/mol. The Bertz CT molecular complexity index is 732. The van der Waals surface area contributed by atoms with Gasteiger partial charge >= 0.3 is 0 Å². The van der Waals surface area contributed by atoms with Crippen LogP contribution in [0, 0.1) is 12.8 Å². The largest absolute Gasteiger partial charge is 0.342 e. The summed E-state index contributed by atoms with van der Waals surface area (Å²) >= 11 is 0. The van der Waals surface area contributed by atoms with Gasteiger partial charge in [-0.1, -0.05) is 13.8 Å². The van der Waals surface area contributed by atoms with Gasteiger partial charge < -0.3 is 14.0 Å². The Labute approximate surface area is 149 Å². The Balaban J connectivity index is 1.71. The smallest absolute Gasteiger partial charge is 0.222 e. The molecule has 3 heterocycles. The number of piperidine rings is 1. The molecule has 0 spiro atoms. The molecule has 1 saturated heterocycles. The summed E-state index contributed by atoms with van der Waals surface area (Å²) in [6.45, 7) is 8.44. The number of aromatic nitrogens is 5. The quantitative estimate of drug-likeness (QED) is 0.833. The number of nitrogens with zero attached hydrogens (tertiary/aromatic N) is 6. The maximum atomic E-state index is 12.4. The van der Waals surface area contributed by atoms with Crippen molar-refractivity contribution in [1.82, 2.24) is 29.2 Å². The van der Waals surface area contributed by atoms with E-state index in [0.717, 1.165) is 43.4 Å². The number of amides is 1. The van der Waals surface area contributed by atoms with Crippen molar-refractivity contribution in [1.29, 1.82) is 0 Å². The summed E-state index contributed by atoms with van der Waals surface area (Å²) in [5.74, 6) is 3.79. The molecule has 0 bridgehead atoms. The number of hydrogen-bond acceptors (Lipinski definition) is 4. The molecule has 1 amide bonds. The minimum absolute atomic E-state index is 0.260. The van der Waals surface area contributed by atoms with Crippen LogP contribution < -0.4 is 0 Å². The van der Waals surface area contributed by atoms with Crippen LogP contribution in [0.1, 0.15) is 56.5 Å². The Morgan fingerprint density at radius 1 is 1.36 bits per heavy atom. The van der Waals surface area contributed by atoms with Crippen LogP contribution in [0.4, 0.5) is 0 Å². The van der Waals surface area contributed by atoms with Crippen LogP contribution in [0.15, 0.2) is 12.4 Å². The molecule has 1 aliphatic heterocycles. The monoisotopic (exact) mass is 344 g/mol. The van der Waals surface area contributed by atoms with Crippen LogP contribution in [0.25, 0.3) is 0 Å². The van der Waals surface area contributed by atoms with Gasteiger partial charge in [0.2, 0.25) is 5.91 Å². The molecule has 2 aromatic heterocycles. The predicted molar refractivity (Wildman–Crippen MR) is 95.1 cm³/mol. The van der Waals surface area contributed by atoms with Crippen molar-refractivity contribution in [3.05, 3.63) is 29.9 Å². The molecule has 25 heavy (non-hydrogen) atoms. The lowest BCUT2D eigenvalue weighted by Crippen LogP contribution is -2.40. The van der Waals surface area contributed by atoms with E-state index in [4.69, 9.17) is 0 Å². The summed E-state index contributed by atoms with van der Waals surface area (Å²) < 4.78 is 4.15. The molecule has 2 aromatic rings. The van der Waals surface area contributed by atoms with E-state index in [9.17, 15) is 4.79 Å². The maximum absolute atomic E-state index is 12.4. The fourth-order valence-electron chi connectivity index (χ4n) is 3.48. The van der Waals surface area contributed by atoms with E-state index in [1.807, 2.05) is 25.1 Å². The van der Waals surface area contributed by atoms with E-state index in [1.54, 1.807) is 6.20 Å². The first-order chi connectivity index (χ1) is 12.0. The molecule has 0 aromatic carbocycles. The highest BCUT2D eigenvalue weighted by Crippen LogP contribution is 2.26. The lowest BCUT2D eigenvalue weighted by molar-refractivity contribution is -0.133. The Morgan fingerprint density at radius 3 is 2.84 bits per heavy atom. The van der Waals surface area contributed by atoms with Gasteiger partial charge in [0, 0.05) is 44.9 Å². The van der Waals surface area contributed by atoms with E-state index in [2.05, 4.69) is 38.2 Å². The second-order valence-corrected chi connectivity index (χ2v) is 7.41. The fourth-order valence-corrected chi connectivity index (χ4v) is 3.48. The average Bonchev–Trinajstić information content (AvgIpc) is 3.14. The highest BCUT2D eigenvalue weighted by molar-refractivity contribution is 5.76. The van der Waals surface area contributed by atoms with Crippen LogP contribution in [0.2, 0.25) is 0 Å². The molecule has 0 radical (unpaired) electrons. The minimum atomic E-state index is 0.260. The van der Waals surface area contributed by atoms with Gasteiger partial charge in [0.1, 0.15) is 11.6 Å². The number of carbonyl (C=O) groups excluding carboxylic acids is 1. The van der Waals surface area contributed by atoms with Gasteiger partial charge in [-0.3, -0.25) is 4.79 Å². The van der Waals surface area contributed by atoms with Gasteiger partial charge in [-0.25, -0.2) is 4.98 Å². The normalized spacial score (nSPS) is 18.1. The van der Waals surface area contributed by atoms with Crippen LogP contribution in [0.3, 0.4) is 0 Å². The Kier molecular flexibility index (Phi) is 5.20. The van der Waals surface area contributed by atoms with Gasteiger partial charge in [-0.15, -0.1) is 10.2 Å². The molecule has 0 N–H and O–H groups in total. The van der Waals surface area contributed by atoms with Crippen molar-refractivity contribution in [2.24, 2.45) is 13.0 Å². The van der Waals surface area contributed by atoms with Crippen LogP contribution in [-0.2, 0) is 18.4 Å². The molecular formula is C18H28N6O. The Morgan fingerprint density at radius 2 is 2.16 bits per heavy atom. The first-order valence-electron chi connectivity index (χ1n) is 9.09. The second-order valence-electron chi connectivity index (χ2n) is 7.41. The maximum Gasteiger partial charge on any atom is 0.222 e. The number of aryl methyl sites for hydroxylation is 1. The van der Waals surface area contributed by atoms with Gasteiger partial charge in [-0.05, 0) is 25.7 Å². The van der Waals surface area contributed by atoms with Crippen molar-refractivity contribution < 1.29 is 4.79 Å². The minimum Gasteiger partial charge on any atom is -0.342 e. The zero-order chi connectivity index (χ0) is 18.0. The number of hydrogen-bond donors (Lipinski definition) is 0. The number of rotatable bonds is 5. The molecule has 7 heteroatoms. The molecule has 1 unspecified atom stereocenters. The van der Waals surface area contributed by atoms with Crippen molar-refractivity contribution >= 4 is 5.91 Å². The first kappa shape index (κ1) is 17.6. The average molecular weight is 344 g/mol. The van der Waals surface area contributed by atoms with Crippen molar-refractivity contribution in [3.8, 4) is 0 Å². The second kappa shape index (κ2) is 7.37. The fraction of sp³-hybridized carbons (Fsp3) is 0.667. The molecule has 0 saturated carbocycles. The first-order valence-corrected chi connectivity index (χ1v) is 9.09. The third-order valence-electron chi connectivity index (χ3n) is 4.96. The zero-order valence-corrected chi connectivity index (χ0v) is 15.6. The van der Waals surface area contributed by atoms with E-state index < -0.39 is 0 Å². The molecule has 1 fully saturated rings.